The molecule has 0 fully saturated rings. The highest BCUT2D eigenvalue weighted by Gasteiger charge is 2.25. The van der Waals surface area contributed by atoms with Crippen molar-refractivity contribution in [2.75, 3.05) is 33.5 Å². The molecule has 0 aliphatic carbocycles. The minimum Gasteiger partial charge on any atom is -0.491 e. The molecule has 0 saturated carbocycles. The van der Waals surface area contributed by atoms with Crippen molar-refractivity contribution in [3.05, 3.63) is 53.6 Å². The zero-order chi connectivity index (χ0) is 18.4. The maximum Gasteiger partial charge on any atom is 0.162 e. The molecule has 0 radical (unpaired) electrons. The molecule has 0 saturated heterocycles. The molecule has 0 unspecified atom stereocenters. The topological polar surface area (TPSA) is 36.9 Å². The van der Waals surface area contributed by atoms with Gasteiger partial charge in [-0.1, -0.05) is 25.7 Å². The van der Waals surface area contributed by atoms with Crippen LogP contribution in [0, 0.1) is 17.3 Å². The average molecular weight is 352 g/mol. The van der Waals surface area contributed by atoms with Crippen LogP contribution in [0.15, 0.2) is 42.5 Å². The zero-order valence-corrected chi connectivity index (χ0v) is 15.5. The molecule has 1 aliphatic heterocycles. The summed E-state index contributed by atoms with van der Waals surface area (Å²) in [6.45, 7) is 6.63. The maximum absolute atomic E-state index is 5.90. The second-order valence-electron chi connectivity index (χ2n) is 7.02. The second-order valence-corrected chi connectivity index (χ2v) is 7.02. The number of ether oxygens (including phenoxy) is 4. The first-order chi connectivity index (χ1) is 12.6. The Morgan fingerprint density at radius 3 is 2.27 bits per heavy atom. The molecule has 26 heavy (non-hydrogen) atoms. The van der Waals surface area contributed by atoms with Gasteiger partial charge in [0.25, 0.3) is 0 Å². The Morgan fingerprint density at radius 1 is 0.885 bits per heavy atom. The SMILES string of the molecule is COCCOc1ccc(C#Cc2ccc3c(c2)OCC(C)(C)CO3)cc1. The van der Waals surface area contributed by atoms with Crippen LogP contribution in [0.5, 0.6) is 17.2 Å². The van der Waals surface area contributed by atoms with E-state index in [0.29, 0.717) is 26.4 Å². The Morgan fingerprint density at radius 2 is 1.54 bits per heavy atom. The van der Waals surface area contributed by atoms with Crippen LogP contribution in [0.4, 0.5) is 0 Å². The lowest BCUT2D eigenvalue weighted by atomic mass is 9.97. The summed E-state index contributed by atoms with van der Waals surface area (Å²) in [4.78, 5) is 0. The monoisotopic (exact) mass is 352 g/mol. The van der Waals surface area contributed by atoms with Crippen molar-refractivity contribution in [2.45, 2.75) is 13.8 Å². The Bertz CT molecular complexity index is 797. The van der Waals surface area contributed by atoms with Crippen molar-refractivity contribution < 1.29 is 18.9 Å². The van der Waals surface area contributed by atoms with Crippen LogP contribution >= 0.6 is 0 Å². The first-order valence-electron chi connectivity index (χ1n) is 8.69. The summed E-state index contributed by atoms with van der Waals surface area (Å²) in [6, 6.07) is 13.5. The van der Waals surface area contributed by atoms with Crippen molar-refractivity contribution >= 4 is 0 Å². The molecule has 0 atom stereocenters. The molecule has 0 spiro atoms. The third-order valence-electron chi connectivity index (χ3n) is 3.94. The Labute approximate surface area is 155 Å². The van der Waals surface area contributed by atoms with Crippen LogP contribution < -0.4 is 14.2 Å². The molecule has 0 amide bonds. The fourth-order valence-corrected chi connectivity index (χ4v) is 2.43. The normalized spacial score (nSPS) is 14.7. The van der Waals surface area contributed by atoms with Gasteiger partial charge in [0, 0.05) is 23.7 Å². The largest absolute Gasteiger partial charge is 0.491 e. The van der Waals surface area contributed by atoms with Gasteiger partial charge in [0.15, 0.2) is 11.5 Å². The standard InChI is InChI=1S/C22H24O4/c1-22(2)15-25-20-11-8-18(14-21(20)26-16-22)5-4-17-6-9-19(10-7-17)24-13-12-23-3/h6-11,14H,12-13,15-16H2,1-3H3. The van der Waals surface area contributed by atoms with Crippen LogP contribution in [0.1, 0.15) is 25.0 Å². The van der Waals surface area contributed by atoms with Gasteiger partial charge in [-0.15, -0.1) is 0 Å². The van der Waals surface area contributed by atoms with E-state index >= 15 is 0 Å². The van der Waals surface area contributed by atoms with Crippen molar-refractivity contribution in [1.29, 1.82) is 0 Å². The van der Waals surface area contributed by atoms with E-state index < -0.39 is 0 Å². The highest BCUT2D eigenvalue weighted by atomic mass is 16.5. The summed E-state index contributed by atoms with van der Waals surface area (Å²) in [7, 11) is 1.66. The van der Waals surface area contributed by atoms with Gasteiger partial charge in [-0.25, -0.2) is 0 Å². The van der Waals surface area contributed by atoms with E-state index in [1.807, 2.05) is 42.5 Å². The summed E-state index contributed by atoms with van der Waals surface area (Å²) in [5.74, 6) is 8.69. The molecule has 1 heterocycles. The zero-order valence-electron chi connectivity index (χ0n) is 15.5. The summed E-state index contributed by atoms with van der Waals surface area (Å²) >= 11 is 0. The van der Waals surface area contributed by atoms with Crippen molar-refractivity contribution in [3.8, 4) is 29.1 Å². The molecule has 3 rings (SSSR count). The highest BCUT2D eigenvalue weighted by molar-refractivity contribution is 5.51. The molecule has 0 aromatic heterocycles. The molecule has 136 valence electrons. The van der Waals surface area contributed by atoms with Gasteiger partial charge in [-0.3, -0.25) is 0 Å². The van der Waals surface area contributed by atoms with Gasteiger partial charge < -0.3 is 18.9 Å². The first kappa shape index (κ1) is 18.2. The first-order valence-corrected chi connectivity index (χ1v) is 8.69. The molecule has 2 aromatic rings. The van der Waals surface area contributed by atoms with Crippen molar-refractivity contribution in [2.24, 2.45) is 5.41 Å². The van der Waals surface area contributed by atoms with Gasteiger partial charge in [0.1, 0.15) is 12.4 Å². The molecule has 0 bridgehead atoms. The Hall–Kier alpha value is -2.64. The van der Waals surface area contributed by atoms with Crippen LogP contribution in [-0.2, 0) is 4.74 Å². The summed E-state index contributed by atoms with van der Waals surface area (Å²) < 4.78 is 22.3. The van der Waals surface area contributed by atoms with Crippen LogP contribution in [0.2, 0.25) is 0 Å². The van der Waals surface area contributed by atoms with Gasteiger partial charge in [0.2, 0.25) is 0 Å². The quantitative estimate of drug-likeness (QED) is 0.618. The molecular weight excluding hydrogens is 328 g/mol. The lowest BCUT2D eigenvalue weighted by Crippen LogP contribution is -2.26. The predicted molar refractivity (Wildman–Crippen MR) is 101 cm³/mol. The predicted octanol–water partition coefficient (Wildman–Crippen LogP) is 3.91. The van der Waals surface area contributed by atoms with Crippen molar-refractivity contribution in [3.63, 3.8) is 0 Å². The molecular formula is C22H24O4. The molecule has 4 nitrogen and oxygen atoms in total. The molecule has 0 N–H and O–H groups in total. The number of hydrogen-bond donors (Lipinski definition) is 0. The van der Waals surface area contributed by atoms with Crippen LogP contribution in [0.25, 0.3) is 0 Å². The van der Waals surface area contributed by atoms with E-state index in [1.54, 1.807) is 7.11 Å². The van der Waals surface area contributed by atoms with E-state index in [9.17, 15) is 0 Å². The smallest absolute Gasteiger partial charge is 0.162 e. The summed E-state index contributed by atoms with van der Waals surface area (Å²) in [6.07, 6.45) is 0. The van der Waals surface area contributed by atoms with E-state index in [-0.39, 0.29) is 5.41 Å². The van der Waals surface area contributed by atoms with Gasteiger partial charge >= 0.3 is 0 Å². The van der Waals surface area contributed by atoms with Gasteiger partial charge in [-0.2, -0.15) is 0 Å². The Kier molecular flexibility index (Phi) is 5.70. The number of rotatable bonds is 4. The fourth-order valence-electron chi connectivity index (χ4n) is 2.43. The number of benzene rings is 2. The van der Waals surface area contributed by atoms with E-state index in [0.717, 1.165) is 28.4 Å². The molecule has 2 aromatic carbocycles. The minimum atomic E-state index is -0.00205. The number of hydrogen-bond acceptors (Lipinski definition) is 4. The van der Waals surface area contributed by atoms with Crippen molar-refractivity contribution in [1.82, 2.24) is 0 Å². The Balaban J connectivity index is 1.68. The van der Waals surface area contributed by atoms with Crippen LogP contribution in [0.3, 0.4) is 0 Å². The third-order valence-corrected chi connectivity index (χ3v) is 3.94. The van der Waals surface area contributed by atoms with E-state index in [4.69, 9.17) is 18.9 Å². The van der Waals surface area contributed by atoms with E-state index in [1.165, 1.54) is 0 Å². The maximum atomic E-state index is 5.90. The summed E-state index contributed by atoms with van der Waals surface area (Å²) in [5, 5.41) is 0. The van der Waals surface area contributed by atoms with Crippen LogP contribution in [-0.4, -0.2) is 33.5 Å². The van der Waals surface area contributed by atoms with E-state index in [2.05, 4.69) is 25.7 Å². The second kappa shape index (κ2) is 8.16. The fraction of sp³-hybridized carbons (Fsp3) is 0.364. The average Bonchev–Trinajstić information content (AvgIpc) is 2.80. The molecule has 1 aliphatic rings. The number of fused-ring (bicyclic) bond motifs is 1. The third kappa shape index (κ3) is 4.93. The number of methoxy groups -OCH3 is 1. The summed E-state index contributed by atoms with van der Waals surface area (Å²) in [5.41, 5.74) is 1.82. The molecule has 4 heteroatoms. The van der Waals surface area contributed by atoms with Gasteiger partial charge in [-0.05, 0) is 42.5 Å². The highest BCUT2D eigenvalue weighted by Crippen LogP contribution is 2.34. The lowest BCUT2D eigenvalue weighted by molar-refractivity contribution is 0.140. The lowest BCUT2D eigenvalue weighted by Gasteiger charge is -2.19. The minimum absolute atomic E-state index is 0.00205. The van der Waals surface area contributed by atoms with Gasteiger partial charge in [0.05, 0.1) is 19.8 Å².